The van der Waals surface area contributed by atoms with Crippen molar-refractivity contribution in [3.8, 4) is 5.69 Å². The number of benzene rings is 2. The van der Waals surface area contributed by atoms with Gasteiger partial charge in [-0.2, -0.15) is 0 Å². The van der Waals surface area contributed by atoms with Crippen molar-refractivity contribution in [3.63, 3.8) is 0 Å². The molecule has 1 aliphatic rings. The smallest absolute Gasteiger partial charge is 0.266 e. The van der Waals surface area contributed by atoms with Crippen LogP contribution in [0, 0.1) is 6.92 Å². The normalized spacial score (nSPS) is 12.6. The largest absolute Gasteiger partial charge is 0.285 e. The summed E-state index contributed by atoms with van der Waals surface area (Å²) < 4.78 is 1.42. The highest BCUT2D eigenvalue weighted by atomic mass is 16.1. The number of nitrogens with zero attached hydrogens (tertiary/aromatic N) is 2. The zero-order valence-corrected chi connectivity index (χ0v) is 10.8. The van der Waals surface area contributed by atoms with Crippen molar-refractivity contribution in [1.82, 2.24) is 9.55 Å². The Labute approximate surface area is 114 Å². The van der Waals surface area contributed by atoms with E-state index in [9.17, 15) is 9.59 Å². The summed E-state index contributed by atoms with van der Waals surface area (Å²) in [6.45, 7) is 1.88. The van der Waals surface area contributed by atoms with E-state index in [1.54, 1.807) is 24.3 Å². The number of hydrogen-bond donors (Lipinski definition) is 0. The minimum atomic E-state index is -0.193. The second-order valence-electron chi connectivity index (χ2n) is 4.89. The molecule has 0 aliphatic carbocycles. The van der Waals surface area contributed by atoms with Crippen molar-refractivity contribution in [1.29, 1.82) is 0 Å². The number of ketones is 1. The summed E-state index contributed by atoms with van der Waals surface area (Å²) in [5, 5.41) is 0.570. The van der Waals surface area contributed by atoms with Crippen LogP contribution in [-0.4, -0.2) is 15.3 Å². The van der Waals surface area contributed by atoms with Crippen LogP contribution in [-0.2, 0) is 0 Å². The molecule has 4 nitrogen and oxygen atoms in total. The first-order valence-electron chi connectivity index (χ1n) is 6.35. The van der Waals surface area contributed by atoms with E-state index in [1.165, 1.54) is 4.57 Å². The van der Waals surface area contributed by atoms with E-state index in [-0.39, 0.29) is 17.2 Å². The molecule has 0 saturated heterocycles. The molecule has 0 radical (unpaired) electrons. The summed E-state index contributed by atoms with van der Waals surface area (Å²) in [5.74, 6) is 0.00964. The van der Waals surface area contributed by atoms with E-state index in [1.807, 2.05) is 25.1 Å². The van der Waals surface area contributed by atoms with E-state index in [2.05, 4.69) is 4.98 Å². The Morgan fingerprint density at radius 2 is 1.80 bits per heavy atom. The van der Waals surface area contributed by atoms with Crippen molar-refractivity contribution < 1.29 is 4.79 Å². The molecule has 2 heterocycles. The zero-order valence-electron chi connectivity index (χ0n) is 10.8. The number of carbonyl (C=O) groups is 1. The Bertz CT molecular complexity index is 954. The molecule has 0 atom stereocenters. The molecule has 0 saturated carbocycles. The second-order valence-corrected chi connectivity index (χ2v) is 4.89. The molecule has 0 fully saturated rings. The fourth-order valence-electron chi connectivity index (χ4n) is 2.75. The van der Waals surface area contributed by atoms with Gasteiger partial charge in [0.2, 0.25) is 5.78 Å². The molecule has 0 N–H and O–H groups in total. The molecular formula is C16H10N2O2. The predicted molar refractivity (Wildman–Crippen MR) is 75.5 cm³/mol. The van der Waals surface area contributed by atoms with Gasteiger partial charge in [0.1, 0.15) is 0 Å². The van der Waals surface area contributed by atoms with Crippen LogP contribution in [0.25, 0.3) is 16.6 Å². The summed E-state index contributed by atoms with van der Waals surface area (Å²) in [6.07, 6.45) is 0. The van der Waals surface area contributed by atoms with Gasteiger partial charge in [-0.15, -0.1) is 0 Å². The van der Waals surface area contributed by atoms with Gasteiger partial charge in [-0.05, 0) is 30.7 Å². The Balaban J connectivity index is 2.25. The van der Waals surface area contributed by atoms with E-state index in [4.69, 9.17) is 0 Å². The van der Waals surface area contributed by atoms with Crippen LogP contribution in [0.1, 0.15) is 21.7 Å². The van der Waals surface area contributed by atoms with Gasteiger partial charge in [0.05, 0.1) is 22.2 Å². The monoisotopic (exact) mass is 262 g/mol. The van der Waals surface area contributed by atoms with Crippen molar-refractivity contribution in [2.75, 3.05) is 0 Å². The third kappa shape index (κ3) is 1.23. The average molecular weight is 262 g/mol. The molecule has 0 unspecified atom stereocenters. The number of aryl methyl sites for hydroxylation is 1. The van der Waals surface area contributed by atoms with E-state index in [0.717, 1.165) is 5.56 Å². The summed E-state index contributed by atoms with van der Waals surface area (Å²) >= 11 is 0. The van der Waals surface area contributed by atoms with Crippen molar-refractivity contribution in [2.24, 2.45) is 0 Å². The lowest BCUT2D eigenvalue weighted by atomic mass is 10.1. The fourth-order valence-corrected chi connectivity index (χ4v) is 2.75. The standard InChI is InChI=1S/C16H10N2O2/c1-9-5-4-7-11-13(9)16(20)18-12-8-3-2-6-10(12)14(19)15(18)17-11/h2-8H,1H3. The van der Waals surface area contributed by atoms with E-state index < -0.39 is 0 Å². The summed E-state index contributed by atoms with van der Waals surface area (Å²) in [6, 6.07) is 12.6. The quantitative estimate of drug-likeness (QED) is 0.488. The molecule has 4 heteroatoms. The zero-order chi connectivity index (χ0) is 13.9. The first kappa shape index (κ1) is 11.1. The molecule has 20 heavy (non-hydrogen) atoms. The molecular weight excluding hydrogens is 252 g/mol. The van der Waals surface area contributed by atoms with Gasteiger partial charge in [0.25, 0.3) is 5.56 Å². The van der Waals surface area contributed by atoms with Gasteiger partial charge in [-0.1, -0.05) is 24.3 Å². The van der Waals surface area contributed by atoms with Crippen LogP contribution < -0.4 is 5.56 Å². The van der Waals surface area contributed by atoms with Crippen LogP contribution in [0.2, 0.25) is 0 Å². The van der Waals surface area contributed by atoms with Crippen molar-refractivity contribution in [2.45, 2.75) is 6.92 Å². The van der Waals surface area contributed by atoms with Gasteiger partial charge < -0.3 is 0 Å². The van der Waals surface area contributed by atoms with Crippen molar-refractivity contribution in [3.05, 3.63) is 69.8 Å². The van der Waals surface area contributed by atoms with Crippen LogP contribution in [0.4, 0.5) is 0 Å². The highest BCUT2D eigenvalue weighted by Crippen LogP contribution is 2.26. The number of rotatable bonds is 0. The second kappa shape index (κ2) is 3.63. The highest BCUT2D eigenvalue weighted by Gasteiger charge is 2.29. The number of aromatic nitrogens is 2. The molecule has 1 aromatic heterocycles. The van der Waals surface area contributed by atoms with E-state index >= 15 is 0 Å². The number of para-hydroxylation sites is 1. The van der Waals surface area contributed by atoms with E-state index in [0.29, 0.717) is 22.2 Å². The third-order valence-corrected chi connectivity index (χ3v) is 3.70. The van der Waals surface area contributed by atoms with Crippen LogP contribution in [0.15, 0.2) is 47.3 Å². The summed E-state index contributed by atoms with van der Waals surface area (Å²) in [4.78, 5) is 29.5. The maximum atomic E-state index is 12.7. The number of carbonyl (C=O) groups excluding carboxylic acids is 1. The fraction of sp³-hybridized carbons (Fsp3) is 0.0625. The molecule has 0 bridgehead atoms. The van der Waals surface area contributed by atoms with Crippen molar-refractivity contribution >= 4 is 16.7 Å². The van der Waals surface area contributed by atoms with Gasteiger partial charge in [-0.25, -0.2) is 4.98 Å². The van der Waals surface area contributed by atoms with Gasteiger partial charge in [0, 0.05) is 0 Å². The Kier molecular flexibility index (Phi) is 2.02. The molecule has 0 spiro atoms. The first-order chi connectivity index (χ1) is 9.68. The maximum Gasteiger partial charge on any atom is 0.266 e. The average Bonchev–Trinajstić information content (AvgIpc) is 2.73. The minimum absolute atomic E-state index is 0.179. The Hall–Kier alpha value is -2.75. The predicted octanol–water partition coefficient (Wildman–Crippen LogP) is 2.24. The molecule has 2 aromatic carbocycles. The van der Waals surface area contributed by atoms with Crippen LogP contribution in [0.5, 0.6) is 0 Å². The minimum Gasteiger partial charge on any atom is -0.285 e. The van der Waals surface area contributed by atoms with Gasteiger partial charge in [-0.3, -0.25) is 14.2 Å². The molecule has 4 rings (SSSR count). The van der Waals surface area contributed by atoms with Crippen LogP contribution in [0.3, 0.4) is 0 Å². The number of hydrogen-bond acceptors (Lipinski definition) is 3. The summed E-state index contributed by atoms with van der Waals surface area (Å²) in [7, 11) is 0. The topological polar surface area (TPSA) is 52.0 Å². The third-order valence-electron chi connectivity index (χ3n) is 3.70. The molecule has 96 valence electrons. The van der Waals surface area contributed by atoms with Gasteiger partial charge in [0.15, 0.2) is 5.82 Å². The highest BCUT2D eigenvalue weighted by molar-refractivity contribution is 6.13. The number of fused-ring (bicyclic) bond motifs is 4. The lowest BCUT2D eigenvalue weighted by molar-refractivity contribution is 0.103. The lowest BCUT2D eigenvalue weighted by Gasteiger charge is -2.06. The Morgan fingerprint density at radius 3 is 2.65 bits per heavy atom. The van der Waals surface area contributed by atoms with Crippen LogP contribution >= 0.6 is 0 Å². The summed E-state index contributed by atoms with van der Waals surface area (Å²) in [5.41, 5.74) is 2.41. The first-order valence-corrected chi connectivity index (χ1v) is 6.35. The maximum absolute atomic E-state index is 12.7. The molecule has 1 aliphatic heterocycles. The SMILES string of the molecule is Cc1cccc2nc3n(c(=O)c12)-c1ccccc1C3=O. The molecule has 3 aromatic rings. The lowest BCUT2D eigenvalue weighted by Crippen LogP contribution is -2.22. The Morgan fingerprint density at radius 1 is 1.00 bits per heavy atom. The molecule has 0 amide bonds. The van der Waals surface area contributed by atoms with Gasteiger partial charge >= 0.3 is 0 Å².